The lowest BCUT2D eigenvalue weighted by Gasteiger charge is -2.31. The molecule has 4 nitrogen and oxygen atoms in total. The van der Waals surface area contributed by atoms with Gasteiger partial charge in [-0.15, -0.1) is 0 Å². The van der Waals surface area contributed by atoms with Crippen LogP contribution in [-0.2, 0) is 9.59 Å². The van der Waals surface area contributed by atoms with Crippen molar-refractivity contribution < 1.29 is 9.59 Å². The highest BCUT2D eigenvalue weighted by Gasteiger charge is 2.33. The van der Waals surface area contributed by atoms with E-state index in [9.17, 15) is 9.59 Å². The zero-order valence-corrected chi connectivity index (χ0v) is 13.4. The fourth-order valence-electron chi connectivity index (χ4n) is 3.13. The lowest BCUT2D eigenvalue weighted by molar-refractivity contribution is -0.124. The Balaban J connectivity index is 1.99. The molecule has 23 heavy (non-hydrogen) atoms. The van der Waals surface area contributed by atoms with Crippen molar-refractivity contribution in [1.82, 2.24) is 0 Å². The monoisotopic (exact) mass is 308 g/mol. The Bertz CT molecular complexity index is 755. The van der Waals surface area contributed by atoms with Gasteiger partial charge in [-0.3, -0.25) is 9.59 Å². The highest BCUT2D eigenvalue weighted by molar-refractivity contribution is 6.06. The molecule has 0 unspecified atom stereocenters. The van der Waals surface area contributed by atoms with Crippen molar-refractivity contribution in [3.05, 3.63) is 59.7 Å². The molecule has 3 rings (SSSR count). The van der Waals surface area contributed by atoms with Crippen molar-refractivity contribution in [2.75, 3.05) is 16.8 Å². The van der Waals surface area contributed by atoms with Crippen LogP contribution in [0.1, 0.15) is 30.4 Å². The normalized spacial score (nSPS) is 16.4. The molecule has 1 aliphatic rings. The molecule has 1 aliphatic heterocycles. The van der Waals surface area contributed by atoms with E-state index >= 15 is 0 Å². The summed E-state index contributed by atoms with van der Waals surface area (Å²) in [6, 6.07) is 15.4. The van der Waals surface area contributed by atoms with Gasteiger partial charge in [0.25, 0.3) is 0 Å². The van der Waals surface area contributed by atoms with Crippen LogP contribution in [0.15, 0.2) is 48.5 Å². The molecule has 4 heteroatoms. The molecule has 0 saturated carbocycles. The van der Waals surface area contributed by atoms with Crippen molar-refractivity contribution >= 4 is 23.2 Å². The summed E-state index contributed by atoms with van der Waals surface area (Å²) < 4.78 is 0. The van der Waals surface area contributed by atoms with Crippen LogP contribution in [0.5, 0.6) is 0 Å². The molecule has 2 aromatic rings. The summed E-state index contributed by atoms with van der Waals surface area (Å²) in [4.78, 5) is 26.9. The number of benzene rings is 2. The van der Waals surface area contributed by atoms with E-state index < -0.39 is 5.92 Å². The SMILES string of the molecule is CCN(C(=O)[C@@H]1CC(=O)Nc2ccccc21)c1ccccc1C. The summed E-state index contributed by atoms with van der Waals surface area (Å²) in [6.07, 6.45) is 0.193. The minimum absolute atomic E-state index is 0.0240. The predicted octanol–water partition coefficient (Wildman–Crippen LogP) is 3.47. The van der Waals surface area contributed by atoms with Gasteiger partial charge >= 0.3 is 0 Å². The summed E-state index contributed by atoms with van der Waals surface area (Å²) in [7, 11) is 0. The van der Waals surface area contributed by atoms with Gasteiger partial charge in [-0.2, -0.15) is 0 Å². The fourth-order valence-corrected chi connectivity index (χ4v) is 3.13. The average molecular weight is 308 g/mol. The quantitative estimate of drug-likeness (QED) is 0.944. The molecule has 1 heterocycles. The Kier molecular flexibility index (Phi) is 4.15. The van der Waals surface area contributed by atoms with E-state index in [0.29, 0.717) is 6.54 Å². The predicted molar refractivity (Wildman–Crippen MR) is 91.6 cm³/mol. The van der Waals surface area contributed by atoms with Crippen LogP contribution in [-0.4, -0.2) is 18.4 Å². The van der Waals surface area contributed by atoms with Gasteiger partial charge in [0.15, 0.2) is 0 Å². The first-order valence-corrected chi connectivity index (χ1v) is 7.87. The highest BCUT2D eigenvalue weighted by Crippen LogP contribution is 2.34. The number of carbonyl (C=O) groups is 2. The number of carbonyl (C=O) groups excluding carboxylic acids is 2. The van der Waals surface area contributed by atoms with Crippen LogP contribution in [0.25, 0.3) is 0 Å². The van der Waals surface area contributed by atoms with Gasteiger partial charge in [0, 0.05) is 24.3 Å². The first-order valence-electron chi connectivity index (χ1n) is 7.87. The summed E-state index contributed by atoms with van der Waals surface area (Å²) in [6.45, 7) is 4.52. The Morgan fingerprint density at radius 3 is 2.61 bits per heavy atom. The summed E-state index contributed by atoms with van der Waals surface area (Å²) in [5.41, 5.74) is 3.59. The number of hydrogen-bond donors (Lipinski definition) is 1. The minimum Gasteiger partial charge on any atom is -0.326 e. The lowest BCUT2D eigenvalue weighted by atomic mass is 9.89. The summed E-state index contributed by atoms with van der Waals surface area (Å²) in [5.74, 6) is -0.563. The topological polar surface area (TPSA) is 49.4 Å². The third-order valence-electron chi connectivity index (χ3n) is 4.29. The van der Waals surface area contributed by atoms with E-state index in [4.69, 9.17) is 0 Å². The second-order valence-electron chi connectivity index (χ2n) is 5.76. The number of nitrogens with one attached hydrogen (secondary N) is 1. The number of amides is 2. The lowest BCUT2D eigenvalue weighted by Crippen LogP contribution is -2.39. The molecule has 0 radical (unpaired) electrons. The molecule has 1 N–H and O–H groups in total. The number of fused-ring (bicyclic) bond motifs is 1. The maximum absolute atomic E-state index is 13.1. The summed E-state index contributed by atoms with van der Waals surface area (Å²) in [5, 5.41) is 2.84. The minimum atomic E-state index is -0.431. The average Bonchev–Trinajstić information content (AvgIpc) is 2.56. The third-order valence-corrected chi connectivity index (χ3v) is 4.29. The van der Waals surface area contributed by atoms with E-state index in [0.717, 1.165) is 22.5 Å². The number of anilines is 2. The van der Waals surface area contributed by atoms with E-state index in [-0.39, 0.29) is 18.2 Å². The second kappa shape index (κ2) is 6.24. The molecule has 0 aromatic heterocycles. The number of rotatable bonds is 3. The molecule has 0 bridgehead atoms. The van der Waals surface area contributed by atoms with Crippen LogP contribution in [0.4, 0.5) is 11.4 Å². The first kappa shape index (κ1) is 15.3. The highest BCUT2D eigenvalue weighted by atomic mass is 16.2. The van der Waals surface area contributed by atoms with Gasteiger partial charge in [-0.05, 0) is 37.1 Å². The molecule has 0 fully saturated rings. The van der Waals surface area contributed by atoms with Gasteiger partial charge < -0.3 is 10.2 Å². The molecular formula is C19H20N2O2. The van der Waals surface area contributed by atoms with Crippen LogP contribution < -0.4 is 10.2 Å². The number of hydrogen-bond acceptors (Lipinski definition) is 2. The summed E-state index contributed by atoms with van der Waals surface area (Å²) >= 11 is 0. The largest absolute Gasteiger partial charge is 0.326 e. The van der Waals surface area contributed by atoms with Gasteiger partial charge in [0.1, 0.15) is 0 Å². The van der Waals surface area contributed by atoms with E-state index in [1.165, 1.54) is 0 Å². The smallest absolute Gasteiger partial charge is 0.235 e. The maximum atomic E-state index is 13.1. The van der Waals surface area contributed by atoms with E-state index in [1.54, 1.807) is 4.90 Å². The first-order chi connectivity index (χ1) is 11.1. The Morgan fingerprint density at radius 2 is 1.87 bits per heavy atom. The van der Waals surface area contributed by atoms with Crippen LogP contribution in [0.3, 0.4) is 0 Å². The van der Waals surface area contributed by atoms with E-state index in [2.05, 4.69) is 5.32 Å². The maximum Gasteiger partial charge on any atom is 0.235 e. The van der Waals surface area contributed by atoms with Gasteiger partial charge in [-0.1, -0.05) is 36.4 Å². The van der Waals surface area contributed by atoms with Crippen molar-refractivity contribution in [1.29, 1.82) is 0 Å². The van der Waals surface area contributed by atoms with Crippen molar-refractivity contribution in [3.63, 3.8) is 0 Å². The van der Waals surface area contributed by atoms with Gasteiger partial charge in [0.2, 0.25) is 11.8 Å². The Labute approximate surface area is 136 Å². The zero-order valence-electron chi connectivity index (χ0n) is 13.4. The van der Waals surface area contributed by atoms with Crippen molar-refractivity contribution in [3.8, 4) is 0 Å². The van der Waals surface area contributed by atoms with Crippen LogP contribution >= 0.6 is 0 Å². The zero-order chi connectivity index (χ0) is 16.4. The fraction of sp³-hybridized carbons (Fsp3) is 0.263. The number of likely N-dealkylation sites (N-methyl/N-ethyl adjacent to an activating group) is 1. The number of aryl methyl sites for hydroxylation is 1. The molecule has 0 saturated heterocycles. The van der Waals surface area contributed by atoms with E-state index in [1.807, 2.05) is 62.4 Å². The van der Waals surface area contributed by atoms with Crippen molar-refractivity contribution in [2.24, 2.45) is 0 Å². The second-order valence-corrected chi connectivity index (χ2v) is 5.76. The van der Waals surface area contributed by atoms with Gasteiger partial charge in [0.05, 0.1) is 5.92 Å². The number of nitrogens with zero attached hydrogens (tertiary/aromatic N) is 1. The Morgan fingerprint density at radius 1 is 1.17 bits per heavy atom. The number of para-hydroxylation sites is 2. The molecule has 118 valence electrons. The third kappa shape index (κ3) is 2.84. The van der Waals surface area contributed by atoms with Crippen LogP contribution in [0.2, 0.25) is 0 Å². The molecule has 0 aliphatic carbocycles. The molecule has 0 spiro atoms. The van der Waals surface area contributed by atoms with Crippen molar-refractivity contribution in [2.45, 2.75) is 26.2 Å². The molecule has 2 aromatic carbocycles. The molecule has 2 amide bonds. The van der Waals surface area contributed by atoms with Crippen LogP contribution in [0, 0.1) is 6.92 Å². The standard InChI is InChI=1S/C19H20N2O2/c1-3-21(17-11-7-4-8-13(17)2)19(23)15-12-18(22)20-16-10-6-5-9-14(15)16/h4-11,15H,3,12H2,1-2H3,(H,20,22)/t15-/m1/s1. The van der Waals surface area contributed by atoms with Gasteiger partial charge in [-0.25, -0.2) is 0 Å². The Hall–Kier alpha value is -2.62. The molecule has 1 atom stereocenters. The molecular weight excluding hydrogens is 288 g/mol.